The predicted octanol–water partition coefficient (Wildman–Crippen LogP) is 3.91. The van der Waals surface area contributed by atoms with Crippen molar-refractivity contribution < 1.29 is 9.13 Å². The number of halogens is 1. The topological polar surface area (TPSA) is 52.3 Å². The van der Waals surface area contributed by atoms with E-state index < -0.39 is 5.82 Å². The van der Waals surface area contributed by atoms with Crippen molar-refractivity contribution in [2.24, 2.45) is 0 Å². The fourth-order valence-electron chi connectivity index (χ4n) is 2.87. The highest BCUT2D eigenvalue weighted by molar-refractivity contribution is 5.81. The van der Waals surface area contributed by atoms with Crippen molar-refractivity contribution in [2.75, 3.05) is 7.11 Å². The molecule has 0 aliphatic heterocycles. The molecule has 0 aliphatic rings. The molecule has 0 atom stereocenters. The number of aryl methyl sites for hydroxylation is 1. The Morgan fingerprint density at radius 2 is 1.92 bits per heavy atom. The van der Waals surface area contributed by atoms with Crippen molar-refractivity contribution in [3.8, 4) is 28.3 Å². The fourth-order valence-corrected chi connectivity index (χ4v) is 2.87. The second kappa shape index (κ2) is 5.98. The molecule has 3 heterocycles. The molecule has 0 bridgehead atoms. The number of methoxy groups -OCH3 is 1. The molecule has 0 saturated carbocycles. The van der Waals surface area contributed by atoms with E-state index in [0.29, 0.717) is 17.0 Å². The summed E-state index contributed by atoms with van der Waals surface area (Å²) in [5, 5.41) is 0. The molecular weight excluding hydrogens is 319 g/mol. The van der Waals surface area contributed by atoms with E-state index in [2.05, 4.69) is 15.0 Å². The van der Waals surface area contributed by atoms with E-state index in [1.807, 2.05) is 35.7 Å². The molecule has 0 fully saturated rings. The quantitative estimate of drug-likeness (QED) is 0.570. The first-order valence-electron chi connectivity index (χ1n) is 7.77. The van der Waals surface area contributed by atoms with Gasteiger partial charge in [0.25, 0.3) is 0 Å². The zero-order chi connectivity index (χ0) is 17.4. The Kier molecular flexibility index (Phi) is 3.65. The van der Waals surface area contributed by atoms with E-state index in [4.69, 9.17) is 4.74 Å². The first-order chi connectivity index (χ1) is 12.2. The maximum atomic E-state index is 14.2. The number of nitrogens with zero attached hydrogens (tertiary/aromatic N) is 4. The van der Waals surface area contributed by atoms with Gasteiger partial charge >= 0.3 is 0 Å². The Morgan fingerprint density at radius 1 is 1.04 bits per heavy atom. The van der Waals surface area contributed by atoms with Gasteiger partial charge in [0.15, 0.2) is 11.6 Å². The minimum Gasteiger partial charge on any atom is -0.494 e. The molecule has 4 rings (SSSR count). The van der Waals surface area contributed by atoms with E-state index in [-0.39, 0.29) is 5.75 Å². The van der Waals surface area contributed by atoms with Crippen LogP contribution in [0, 0.1) is 12.7 Å². The highest BCUT2D eigenvalue weighted by Gasteiger charge is 2.18. The minimum atomic E-state index is -0.429. The predicted molar refractivity (Wildman–Crippen MR) is 92.9 cm³/mol. The van der Waals surface area contributed by atoms with Gasteiger partial charge in [-0.3, -0.25) is 9.38 Å². The van der Waals surface area contributed by atoms with Crippen LogP contribution in [0.1, 0.15) is 5.69 Å². The largest absolute Gasteiger partial charge is 0.494 e. The molecule has 25 heavy (non-hydrogen) atoms. The molecule has 0 saturated heterocycles. The highest BCUT2D eigenvalue weighted by Crippen LogP contribution is 2.34. The maximum absolute atomic E-state index is 14.2. The highest BCUT2D eigenvalue weighted by atomic mass is 19.1. The van der Waals surface area contributed by atoms with Gasteiger partial charge in [-0.25, -0.2) is 14.4 Å². The lowest BCUT2D eigenvalue weighted by Gasteiger charge is -2.07. The van der Waals surface area contributed by atoms with Gasteiger partial charge in [0.1, 0.15) is 0 Å². The second-order valence-electron chi connectivity index (χ2n) is 5.63. The number of hydrogen-bond acceptors (Lipinski definition) is 4. The molecule has 0 amide bonds. The summed E-state index contributed by atoms with van der Waals surface area (Å²) in [6.07, 6.45) is 5.32. The van der Waals surface area contributed by atoms with Crippen LogP contribution in [0.2, 0.25) is 0 Å². The molecule has 0 N–H and O–H groups in total. The van der Waals surface area contributed by atoms with Crippen LogP contribution in [0.25, 0.3) is 28.3 Å². The molecular formula is C19H15FN4O. The van der Waals surface area contributed by atoms with Crippen molar-refractivity contribution in [3.05, 3.63) is 66.5 Å². The summed E-state index contributed by atoms with van der Waals surface area (Å²) in [5.41, 5.74) is 4.00. The lowest BCUT2D eigenvalue weighted by molar-refractivity contribution is 0.386. The van der Waals surface area contributed by atoms with Gasteiger partial charge < -0.3 is 4.74 Å². The van der Waals surface area contributed by atoms with Crippen molar-refractivity contribution in [1.29, 1.82) is 0 Å². The van der Waals surface area contributed by atoms with Gasteiger partial charge in [0, 0.05) is 35.4 Å². The van der Waals surface area contributed by atoms with Gasteiger partial charge in [-0.05, 0) is 43.3 Å². The van der Waals surface area contributed by atoms with Crippen molar-refractivity contribution in [2.45, 2.75) is 6.92 Å². The molecule has 0 radical (unpaired) electrons. The summed E-state index contributed by atoms with van der Waals surface area (Å²) < 4.78 is 21.1. The van der Waals surface area contributed by atoms with Crippen molar-refractivity contribution in [1.82, 2.24) is 19.4 Å². The van der Waals surface area contributed by atoms with E-state index in [1.165, 1.54) is 13.2 Å². The summed E-state index contributed by atoms with van der Waals surface area (Å²) in [7, 11) is 1.44. The smallest absolute Gasteiger partial charge is 0.234 e. The number of aromatic nitrogens is 4. The Hall–Kier alpha value is -3.28. The molecule has 6 heteroatoms. The standard InChI is InChI=1S/C19H15FN4O/c1-12-10-14(6-8-21-12)18-17(23-19-22-7-3-9-24(18)19)13-4-5-16(25-2)15(20)11-13/h3-11H,1-2H3. The number of imidazole rings is 1. The molecule has 124 valence electrons. The summed E-state index contributed by atoms with van der Waals surface area (Å²) >= 11 is 0. The fraction of sp³-hybridized carbons (Fsp3) is 0.105. The molecule has 0 unspecified atom stereocenters. The molecule has 0 spiro atoms. The van der Waals surface area contributed by atoms with Crippen LogP contribution >= 0.6 is 0 Å². The zero-order valence-corrected chi connectivity index (χ0v) is 13.8. The van der Waals surface area contributed by atoms with Crippen LogP contribution in [0.3, 0.4) is 0 Å². The second-order valence-corrected chi connectivity index (χ2v) is 5.63. The first kappa shape index (κ1) is 15.3. The SMILES string of the molecule is COc1ccc(-c2nc3ncccn3c2-c2ccnc(C)c2)cc1F. The van der Waals surface area contributed by atoms with Gasteiger partial charge in [-0.15, -0.1) is 0 Å². The Morgan fingerprint density at radius 3 is 2.68 bits per heavy atom. The molecule has 5 nitrogen and oxygen atoms in total. The van der Waals surface area contributed by atoms with E-state index >= 15 is 0 Å². The number of benzene rings is 1. The van der Waals surface area contributed by atoms with E-state index in [1.54, 1.807) is 24.5 Å². The van der Waals surface area contributed by atoms with Crippen LogP contribution in [0.15, 0.2) is 55.0 Å². The average Bonchev–Trinajstić information content (AvgIpc) is 3.01. The zero-order valence-electron chi connectivity index (χ0n) is 13.8. The van der Waals surface area contributed by atoms with Crippen LogP contribution in [-0.2, 0) is 0 Å². The molecule has 4 aromatic rings. The average molecular weight is 334 g/mol. The normalized spacial score (nSPS) is 11.0. The van der Waals surface area contributed by atoms with Gasteiger partial charge in [0.2, 0.25) is 5.78 Å². The van der Waals surface area contributed by atoms with Gasteiger partial charge in [-0.1, -0.05) is 0 Å². The minimum absolute atomic E-state index is 0.201. The lowest BCUT2D eigenvalue weighted by atomic mass is 10.0. The van der Waals surface area contributed by atoms with Crippen LogP contribution < -0.4 is 4.74 Å². The number of hydrogen-bond donors (Lipinski definition) is 0. The van der Waals surface area contributed by atoms with Crippen molar-refractivity contribution >= 4 is 5.78 Å². The van der Waals surface area contributed by atoms with Gasteiger partial charge in [0.05, 0.1) is 18.5 Å². The summed E-state index contributed by atoms with van der Waals surface area (Å²) in [6.45, 7) is 1.93. The lowest BCUT2D eigenvalue weighted by Crippen LogP contribution is -1.93. The third kappa shape index (κ3) is 2.61. The van der Waals surface area contributed by atoms with Crippen LogP contribution in [-0.4, -0.2) is 26.5 Å². The first-order valence-corrected chi connectivity index (χ1v) is 7.77. The number of pyridine rings is 1. The number of ether oxygens (including phenoxy) is 1. The Balaban J connectivity index is 2.01. The third-order valence-electron chi connectivity index (χ3n) is 4.00. The molecule has 0 aliphatic carbocycles. The Bertz CT molecular complexity index is 1070. The third-order valence-corrected chi connectivity index (χ3v) is 4.00. The van der Waals surface area contributed by atoms with E-state index in [9.17, 15) is 4.39 Å². The van der Waals surface area contributed by atoms with Gasteiger partial charge in [-0.2, -0.15) is 0 Å². The summed E-state index contributed by atoms with van der Waals surface area (Å²) in [5.74, 6) is 0.326. The van der Waals surface area contributed by atoms with Crippen LogP contribution in [0.4, 0.5) is 4.39 Å². The number of fused-ring (bicyclic) bond motifs is 1. The number of rotatable bonds is 3. The molecule has 3 aromatic heterocycles. The summed E-state index contributed by atoms with van der Waals surface area (Å²) in [6, 6.07) is 10.5. The summed E-state index contributed by atoms with van der Waals surface area (Å²) in [4.78, 5) is 13.2. The Labute approximate surface area is 143 Å². The van der Waals surface area contributed by atoms with Crippen molar-refractivity contribution in [3.63, 3.8) is 0 Å². The van der Waals surface area contributed by atoms with E-state index in [0.717, 1.165) is 17.0 Å². The van der Waals surface area contributed by atoms with Crippen LogP contribution in [0.5, 0.6) is 5.75 Å². The molecule has 1 aromatic carbocycles. The monoisotopic (exact) mass is 334 g/mol. The maximum Gasteiger partial charge on any atom is 0.234 e.